The van der Waals surface area contributed by atoms with Gasteiger partial charge in [-0.1, -0.05) is 29.3 Å². The highest BCUT2D eigenvalue weighted by molar-refractivity contribution is 7.89. The number of carbonyl (C=O) groups excluding carboxylic acids is 1. The van der Waals surface area contributed by atoms with E-state index in [1.165, 1.54) is 13.0 Å². The Balaban J connectivity index is 1.98. The van der Waals surface area contributed by atoms with Gasteiger partial charge in [-0.15, -0.1) is 0 Å². The van der Waals surface area contributed by atoms with Crippen LogP contribution in [-0.4, -0.2) is 20.4 Å². The third-order valence-corrected chi connectivity index (χ3v) is 5.34. The van der Waals surface area contributed by atoms with Crippen LogP contribution in [0.1, 0.15) is 12.5 Å². The first-order valence-corrected chi connectivity index (χ1v) is 9.31. The first-order valence-electron chi connectivity index (χ1n) is 7.07. The number of rotatable bonds is 6. The van der Waals surface area contributed by atoms with Gasteiger partial charge >= 0.3 is 5.97 Å². The molecule has 134 valence electrons. The Kier molecular flexibility index (Phi) is 6.40. The summed E-state index contributed by atoms with van der Waals surface area (Å²) in [5.41, 5.74) is 0.535. The molecule has 0 aromatic heterocycles. The lowest BCUT2D eigenvalue weighted by atomic mass is 10.2. The highest BCUT2D eigenvalue weighted by Crippen LogP contribution is 2.21. The van der Waals surface area contributed by atoms with Gasteiger partial charge in [0.2, 0.25) is 10.0 Å². The second-order valence-electron chi connectivity index (χ2n) is 5.14. The molecule has 0 fully saturated rings. The number of esters is 1. The van der Waals surface area contributed by atoms with Crippen molar-refractivity contribution < 1.29 is 22.3 Å². The summed E-state index contributed by atoms with van der Waals surface area (Å²) in [6, 6.07) is 7.79. The third kappa shape index (κ3) is 5.40. The average molecular weight is 406 g/mol. The maximum absolute atomic E-state index is 12.9. The molecular weight excluding hydrogens is 392 g/mol. The van der Waals surface area contributed by atoms with Crippen molar-refractivity contribution in [3.05, 3.63) is 63.9 Å². The first-order chi connectivity index (χ1) is 11.7. The van der Waals surface area contributed by atoms with Crippen LogP contribution in [0.2, 0.25) is 10.0 Å². The van der Waals surface area contributed by atoms with Gasteiger partial charge in [-0.2, -0.15) is 4.72 Å². The minimum Gasteiger partial charge on any atom is -0.460 e. The number of benzene rings is 2. The molecule has 2 rings (SSSR count). The molecular formula is C16H14Cl2FNO4S. The van der Waals surface area contributed by atoms with E-state index in [1.54, 1.807) is 12.1 Å². The van der Waals surface area contributed by atoms with Gasteiger partial charge in [0.15, 0.2) is 0 Å². The number of sulfonamides is 1. The predicted molar refractivity (Wildman–Crippen MR) is 92.4 cm³/mol. The van der Waals surface area contributed by atoms with Gasteiger partial charge in [-0.3, -0.25) is 4.79 Å². The summed E-state index contributed by atoms with van der Waals surface area (Å²) in [6.07, 6.45) is 0. The van der Waals surface area contributed by atoms with E-state index >= 15 is 0 Å². The largest absolute Gasteiger partial charge is 0.460 e. The number of halogens is 3. The van der Waals surface area contributed by atoms with Crippen LogP contribution in [0.25, 0.3) is 0 Å². The quantitative estimate of drug-likeness (QED) is 0.745. The summed E-state index contributed by atoms with van der Waals surface area (Å²) in [4.78, 5) is 11.8. The van der Waals surface area contributed by atoms with Crippen molar-refractivity contribution in [1.82, 2.24) is 4.72 Å². The Morgan fingerprint density at radius 2 is 1.84 bits per heavy atom. The summed E-state index contributed by atoms with van der Waals surface area (Å²) in [6.45, 7) is 1.21. The maximum atomic E-state index is 12.9. The van der Waals surface area contributed by atoms with Crippen molar-refractivity contribution in [2.24, 2.45) is 0 Å². The number of ether oxygens (including phenoxy) is 1. The van der Waals surface area contributed by atoms with Crippen molar-refractivity contribution in [3.63, 3.8) is 0 Å². The third-order valence-electron chi connectivity index (χ3n) is 3.19. The molecule has 5 nitrogen and oxygen atoms in total. The fraction of sp³-hybridized carbons (Fsp3) is 0.188. The molecule has 0 spiro atoms. The summed E-state index contributed by atoms with van der Waals surface area (Å²) in [5, 5.41) is 0.778. The summed E-state index contributed by atoms with van der Waals surface area (Å²) in [5.74, 6) is -1.34. The van der Waals surface area contributed by atoms with Crippen LogP contribution in [0.3, 0.4) is 0 Å². The van der Waals surface area contributed by atoms with E-state index in [4.69, 9.17) is 27.9 Å². The molecule has 0 saturated carbocycles. The number of hydrogen-bond donors (Lipinski definition) is 1. The Morgan fingerprint density at radius 3 is 2.44 bits per heavy atom. The van der Waals surface area contributed by atoms with E-state index < -0.39 is 27.9 Å². The highest BCUT2D eigenvalue weighted by atomic mass is 35.5. The van der Waals surface area contributed by atoms with Gasteiger partial charge in [0.1, 0.15) is 18.5 Å². The molecule has 0 bridgehead atoms. The van der Waals surface area contributed by atoms with Crippen LogP contribution in [0.5, 0.6) is 0 Å². The van der Waals surface area contributed by atoms with Crippen molar-refractivity contribution in [2.75, 3.05) is 0 Å². The van der Waals surface area contributed by atoms with E-state index in [-0.39, 0.29) is 11.5 Å². The van der Waals surface area contributed by atoms with Gasteiger partial charge in [-0.25, -0.2) is 12.8 Å². The topological polar surface area (TPSA) is 72.5 Å². The highest BCUT2D eigenvalue weighted by Gasteiger charge is 2.23. The van der Waals surface area contributed by atoms with Gasteiger partial charge in [0.05, 0.1) is 4.90 Å². The first kappa shape index (κ1) is 19.7. The van der Waals surface area contributed by atoms with Gasteiger partial charge < -0.3 is 4.74 Å². The lowest BCUT2D eigenvalue weighted by Gasteiger charge is -2.14. The monoisotopic (exact) mass is 405 g/mol. The zero-order valence-electron chi connectivity index (χ0n) is 13.0. The van der Waals surface area contributed by atoms with Crippen molar-refractivity contribution >= 4 is 39.2 Å². The van der Waals surface area contributed by atoms with Crippen LogP contribution in [0.4, 0.5) is 4.39 Å². The van der Waals surface area contributed by atoms with E-state index in [9.17, 15) is 17.6 Å². The number of hydrogen-bond acceptors (Lipinski definition) is 4. The number of nitrogens with one attached hydrogen (secondary N) is 1. The molecule has 0 unspecified atom stereocenters. The molecule has 0 aliphatic rings. The second-order valence-corrected chi connectivity index (χ2v) is 7.70. The lowest BCUT2D eigenvalue weighted by molar-refractivity contribution is -0.146. The Morgan fingerprint density at radius 1 is 1.20 bits per heavy atom. The molecule has 0 aliphatic carbocycles. The standard InChI is InChI=1S/C16H14Cl2FNO4S/c1-10(20-25(22,23)14-6-4-13(19)5-7-14)16(21)24-9-11-2-3-12(17)8-15(11)18/h2-8,10,20H,9H2,1H3/t10-/m0/s1. The molecule has 0 heterocycles. The summed E-state index contributed by atoms with van der Waals surface area (Å²) >= 11 is 11.8. The molecule has 25 heavy (non-hydrogen) atoms. The molecule has 1 atom stereocenters. The maximum Gasteiger partial charge on any atom is 0.324 e. The summed E-state index contributed by atoms with van der Waals surface area (Å²) < 4.78 is 44.4. The van der Waals surface area contributed by atoms with Crippen molar-refractivity contribution in [3.8, 4) is 0 Å². The van der Waals surface area contributed by atoms with Crippen LogP contribution >= 0.6 is 23.2 Å². The van der Waals surface area contributed by atoms with E-state index in [0.717, 1.165) is 24.3 Å². The zero-order chi connectivity index (χ0) is 18.6. The van der Waals surface area contributed by atoms with Crippen LogP contribution in [0.15, 0.2) is 47.4 Å². The van der Waals surface area contributed by atoms with Gasteiger partial charge in [0, 0.05) is 15.6 Å². The smallest absolute Gasteiger partial charge is 0.324 e. The van der Waals surface area contributed by atoms with Crippen LogP contribution < -0.4 is 4.72 Å². The van der Waals surface area contributed by atoms with Crippen LogP contribution in [-0.2, 0) is 26.2 Å². The van der Waals surface area contributed by atoms with E-state index in [1.807, 2.05) is 0 Å². The molecule has 1 N–H and O–H groups in total. The molecule has 0 radical (unpaired) electrons. The zero-order valence-corrected chi connectivity index (χ0v) is 15.3. The van der Waals surface area contributed by atoms with E-state index in [0.29, 0.717) is 15.6 Å². The minimum atomic E-state index is -3.98. The van der Waals surface area contributed by atoms with Crippen molar-refractivity contribution in [1.29, 1.82) is 0 Å². The fourth-order valence-electron chi connectivity index (χ4n) is 1.88. The molecule has 2 aromatic rings. The van der Waals surface area contributed by atoms with Crippen LogP contribution in [0, 0.1) is 5.82 Å². The average Bonchev–Trinajstić information content (AvgIpc) is 2.53. The lowest BCUT2D eigenvalue weighted by Crippen LogP contribution is -2.39. The molecule has 0 saturated heterocycles. The van der Waals surface area contributed by atoms with Gasteiger partial charge in [-0.05, 0) is 43.3 Å². The minimum absolute atomic E-state index is 0.128. The summed E-state index contributed by atoms with van der Waals surface area (Å²) in [7, 11) is -3.98. The molecule has 0 amide bonds. The van der Waals surface area contributed by atoms with E-state index in [2.05, 4.69) is 4.72 Å². The molecule has 9 heteroatoms. The number of carbonyl (C=O) groups is 1. The fourth-order valence-corrected chi connectivity index (χ4v) is 3.53. The Labute approximate surface area is 154 Å². The molecule has 0 aliphatic heterocycles. The molecule has 2 aromatic carbocycles. The van der Waals surface area contributed by atoms with Gasteiger partial charge in [0.25, 0.3) is 0 Å². The predicted octanol–water partition coefficient (Wildman–Crippen LogP) is 3.54. The SMILES string of the molecule is C[C@H](NS(=O)(=O)c1ccc(F)cc1)C(=O)OCc1ccc(Cl)cc1Cl. The normalized spacial score (nSPS) is 12.6. The Bertz CT molecular complexity index is 872. The van der Waals surface area contributed by atoms with Crippen molar-refractivity contribution in [2.45, 2.75) is 24.5 Å². The second kappa shape index (κ2) is 8.14. The Hall–Kier alpha value is -1.67.